The highest BCUT2D eigenvalue weighted by atomic mass is 79.9. The lowest BCUT2D eigenvalue weighted by atomic mass is 10.1. The highest BCUT2D eigenvalue weighted by Gasteiger charge is 2.18. The fraction of sp³-hybridized carbons (Fsp3) is 0.417. The van der Waals surface area contributed by atoms with Crippen LogP contribution in [0.5, 0.6) is 0 Å². The SMILES string of the molecule is CCn1nc(C)c(Br)c1CC(NN)c1cncnc1. The van der Waals surface area contributed by atoms with Crippen molar-refractivity contribution >= 4 is 15.9 Å². The van der Waals surface area contributed by atoms with Crippen LogP contribution in [0.15, 0.2) is 23.2 Å². The average molecular weight is 325 g/mol. The summed E-state index contributed by atoms with van der Waals surface area (Å²) >= 11 is 3.59. The van der Waals surface area contributed by atoms with Gasteiger partial charge in [-0.3, -0.25) is 16.0 Å². The van der Waals surface area contributed by atoms with Crippen LogP contribution in [0, 0.1) is 6.92 Å². The molecule has 1 unspecified atom stereocenters. The molecule has 6 nitrogen and oxygen atoms in total. The van der Waals surface area contributed by atoms with E-state index in [1.54, 1.807) is 12.4 Å². The highest BCUT2D eigenvalue weighted by Crippen LogP contribution is 2.25. The number of aryl methyl sites for hydroxylation is 2. The van der Waals surface area contributed by atoms with E-state index < -0.39 is 0 Å². The van der Waals surface area contributed by atoms with E-state index >= 15 is 0 Å². The number of hydrogen-bond donors (Lipinski definition) is 2. The van der Waals surface area contributed by atoms with Crippen LogP contribution >= 0.6 is 15.9 Å². The Morgan fingerprint density at radius 3 is 2.68 bits per heavy atom. The highest BCUT2D eigenvalue weighted by molar-refractivity contribution is 9.10. The molecule has 2 heterocycles. The van der Waals surface area contributed by atoms with E-state index in [0.717, 1.165) is 34.4 Å². The van der Waals surface area contributed by atoms with Gasteiger partial charge in [0.2, 0.25) is 0 Å². The Morgan fingerprint density at radius 2 is 2.11 bits per heavy atom. The van der Waals surface area contributed by atoms with Crippen LogP contribution in [0.25, 0.3) is 0 Å². The van der Waals surface area contributed by atoms with Crippen molar-refractivity contribution in [2.75, 3.05) is 0 Å². The summed E-state index contributed by atoms with van der Waals surface area (Å²) < 4.78 is 3.01. The van der Waals surface area contributed by atoms with Crippen molar-refractivity contribution in [3.8, 4) is 0 Å². The second-order valence-electron chi connectivity index (χ2n) is 4.26. The monoisotopic (exact) mass is 324 g/mol. The molecular weight excluding hydrogens is 308 g/mol. The van der Waals surface area contributed by atoms with Gasteiger partial charge < -0.3 is 0 Å². The number of aromatic nitrogens is 4. The molecule has 7 heteroatoms. The van der Waals surface area contributed by atoms with Crippen molar-refractivity contribution < 1.29 is 0 Å². The Morgan fingerprint density at radius 1 is 1.42 bits per heavy atom. The Hall–Kier alpha value is -1.31. The molecule has 0 bridgehead atoms. The van der Waals surface area contributed by atoms with Crippen LogP contribution in [0.4, 0.5) is 0 Å². The van der Waals surface area contributed by atoms with Gasteiger partial charge in [0.25, 0.3) is 0 Å². The van der Waals surface area contributed by atoms with Crippen LogP contribution in [-0.4, -0.2) is 19.7 Å². The number of hydrazine groups is 1. The molecule has 2 rings (SSSR count). The lowest BCUT2D eigenvalue weighted by Crippen LogP contribution is -2.30. The fourth-order valence-corrected chi connectivity index (χ4v) is 2.47. The summed E-state index contributed by atoms with van der Waals surface area (Å²) in [5, 5.41) is 4.48. The van der Waals surface area contributed by atoms with Crippen molar-refractivity contribution in [1.82, 2.24) is 25.2 Å². The number of nitrogens with two attached hydrogens (primary N) is 1. The molecule has 0 aliphatic heterocycles. The smallest absolute Gasteiger partial charge is 0.115 e. The quantitative estimate of drug-likeness (QED) is 0.643. The number of halogens is 1. The van der Waals surface area contributed by atoms with E-state index in [4.69, 9.17) is 5.84 Å². The van der Waals surface area contributed by atoms with Gasteiger partial charge in [-0.2, -0.15) is 5.10 Å². The predicted octanol–water partition coefficient (Wildman–Crippen LogP) is 1.51. The number of nitrogens with zero attached hydrogens (tertiary/aromatic N) is 4. The molecule has 19 heavy (non-hydrogen) atoms. The summed E-state index contributed by atoms with van der Waals surface area (Å²) in [5.41, 5.74) is 5.87. The molecule has 2 aromatic rings. The summed E-state index contributed by atoms with van der Waals surface area (Å²) in [7, 11) is 0. The van der Waals surface area contributed by atoms with Gasteiger partial charge in [0, 0.05) is 30.9 Å². The lowest BCUT2D eigenvalue weighted by Gasteiger charge is -2.16. The molecule has 1 atom stereocenters. The van der Waals surface area contributed by atoms with Crippen LogP contribution < -0.4 is 11.3 Å². The van der Waals surface area contributed by atoms with Crippen LogP contribution in [0.3, 0.4) is 0 Å². The average Bonchev–Trinajstić information content (AvgIpc) is 2.72. The van der Waals surface area contributed by atoms with Gasteiger partial charge in [0.15, 0.2) is 0 Å². The summed E-state index contributed by atoms with van der Waals surface area (Å²) in [6.45, 7) is 4.87. The third kappa shape index (κ3) is 2.99. The minimum Gasteiger partial charge on any atom is -0.271 e. The lowest BCUT2D eigenvalue weighted by molar-refractivity contribution is 0.513. The Balaban J connectivity index is 2.29. The minimum atomic E-state index is -0.0427. The second-order valence-corrected chi connectivity index (χ2v) is 5.05. The molecule has 0 radical (unpaired) electrons. The van der Waals surface area contributed by atoms with Crippen molar-refractivity contribution in [3.63, 3.8) is 0 Å². The first-order chi connectivity index (χ1) is 9.17. The third-order valence-corrected chi connectivity index (χ3v) is 4.07. The van der Waals surface area contributed by atoms with Gasteiger partial charge in [0.1, 0.15) is 6.33 Å². The van der Waals surface area contributed by atoms with E-state index in [-0.39, 0.29) is 6.04 Å². The van der Waals surface area contributed by atoms with E-state index in [1.807, 2.05) is 11.6 Å². The van der Waals surface area contributed by atoms with Crippen molar-refractivity contribution in [3.05, 3.63) is 40.1 Å². The standard InChI is InChI=1S/C12H17BrN6/c1-3-19-11(12(13)8(2)18-19)4-10(17-14)9-5-15-7-16-6-9/h5-7,10,17H,3-4,14H2,1-2H3. The van der Waals surface area contributed by atoms with E-state index in [2.05, 4.69) is 43.3 Å². The fourth-order valence-electron chi connectivity index (χ4n) is 2.02. The Labute approximate surface area is 120 Å². The van der Waals surface area contributed by atoms with Crippen molar-refractivity contribution in [1.29, 1.82) is 0 Å². The molecule has 0 saturated carbocycles. The molecule has 0 saturated heterocycles. The first kappa shape index (κ1) is 14.1. The van der Waals surface area contributed by atoms with Crippen LogP contribution in [0.1, 0.15) is 29.9 Å². The van der Waals surface area contributed by atoms with Gasteiger partial charge in [-0.15, -0.1) is 0 Å². The first-order valence-electron chi connectivity index (χ1n) is 6.10. The van der Waals surface area contributed by atoms with E-state index in [1.165, 1.54) is 6.33 Å². The van der Waals surface area contributed by atoms with Gasteiger partial charge in [-0.05, 0) is 29.8 Å². The largest absolute Gasteiger partial charge is 0.271 e. The van der Waals surface area contributed by atoms with E-state index in [0.29, 0.717) is 0 Å². The molecule has 2 aromatic heterocycles. The van der Waals surface area contributed by atoms with Gasteiger partial charge >= 0.3 is 0 Å². The molecule has 0 fully saturated rings. The van der Waals surface area contributed by atoms with Crippen LogP contribution in [0.2, 0.25) is 0 Å². The van der Waals surface area contributed by atoms with Gasteiger partial charge in [-0.1, -0.05) is 0 Å². The van der Waals surface area contributed by atoms with Crippen molar-refractivity contribution in [2.45, 2.75) is 32.9 Å². The zero-order chi connectivity index (χ0) is 13.8. The first-order valence-corrected chi connectivity index (χ1v) is 6.89. The zero-order valence-corrected chi connectivity index (χ0v) is 12.6. The second kappa shape index (κ2) is 6.23. The minimum absolute atomic E-state index is 0.0427. The summed E-state index contributed by atoms with van der Waals surface area (Å²) in [5.74, 6) is 5.65. The van der Waals surface area contributed by atoms with Crippen molar-refractivity contribution in [2.24, 2.45) is 5.84 Å². The molecule has 0 aliphatic rings. The summed E-state index contributed by atoms with van der Waals surface area (Å²) in [6.07, 6.45) is 5.77. The Kier molecular flexibility index (Phi) is 4.62. The molecule has 0 aromatic carbocycles. The maximum Gasteiger partial charge on any atom is 0.115 e. The predicted molar refractivity (Wildman–Crippen MR) is 76.1 cm³/mol. The molecular formula is C12H17BrN6. The molecule has 0 amide bonds. The topological polar surface area (TPSA) is 81.7 Å². The van der Waals surface area contributed by atoms with Gasteiger partial charge in [0.05, 0.1) is 21.9 Å². The van der Waals surface area contributed by atoms with Crippen LogP contribution in [-0.2, 0) is 13.0 Å². The normalized spacial score (nSPS) is 12.6. The Bertz CT molecular complexity index is 539. The molecule has 0 aliphatic carbocycles. The number of hydrogen-bond acceptors (Lipinski definition) is 5. The van der Waals surface area contributed by atoms with E-state index in [9.17, 15) is 0 Å². The summed E-state index contributed by atoms with van der Waals surface area (Å²) in [4.78, 5) is 8.05. The molecule has 102 valence electrons. The van der Waals surface area contributed by atoms with Gasteiger partial charge in [-0.25, -0.2) is 9.97 Å². The molecule has 3 N–H and O–H groups in total. The number of rotatable bonds is 5. The maximum atomic E-state index is 5.65. The molecule has 0 spiro atoms. The summed E-state index contributed by atoms with van der Waals surface area (Å²) in [6, 6.07) is -0.0427. The maximum absolute atomic E-state index is 5.65. The number of nitrogens with one attached hydrogen (secondary N) is 1. The zero-order valence-electron chi connectivity index (χ0n) is 11.0. The third-order valence-electron chi connectivity index (χ3n) is 3.03.